The Kier molecular flexibility index (Phi) is 9.17. The van der Waals surface area contributed by atoms with Crippen molar-refractivity contribution in [2.24, 2.45) is 0 Å². The minimum Gasteiger partial charge on any atom is -0.455 e. The van der Waals surface area contributed by atoms with Crippen LogP contribution in [0.1, 0.15) is 0 Å². The van der Waals surface area contributed by atoms with Crippen LogP contribution in [0.2, 0.25) is 0 Å². The maximum atomic E-state index is 6.48. The smallest absolute Gasteiger partial charge is 0.143 e. The zero-order valence-corrected chi connectivity index (χ0v) is 36.6. The molecule has 0 unspecified atom stereocenters. The van der Waals surface area contributed by atoms with E-state index in [0.717, 1.165) is 66.9 Å². The SMILES string of the molecule is c1ccc(-c2ccc(N(c3ccc(-c4ccc5c6ccc7ccccc7c6n(-c6ccccc6)c5c4)cc3)c3ccc(-c4cccc5c4oc4ccccc45)cc3)cc2-c2ccccc2)cc1. The van der Waals surface area contributed by atoms with Crippen molar-refractivity contribution in [3.05, 3.63) is 255 Å². The van der Waals surface area contributed by atoms with E-state index in [1.165, 1.54) is 54.8 Å². The van der Waals surface area contributed by atoms with Gasteiger partial charge >= 0.3 is 0 Å². The fourth-order valence-corrected chi connectivity index (χ4v) is 10.2. The van der Waals surface area contributed by atoms with Gasteiger partial charge in [0.1, 0.15) is 11.2 Å². The number of hydrogen-bond acceptors (Lipinski definition) is 2. The van der Waals surface area contributed by atoms with Gasteiger partial charge in [0.2, 0.25) is 0 Å². The predicted molar refractivity (Wildman–Crippen MR) is 282 cm³/mol. The van der Waals surface area contributed by atoms with E-state index in [2.05, 4.69) is 252 Å². The quantitative estimate of drug-likeness (QED) is 0.152. The highest BCUT2D eigenvalue weighted by molar-refractivity contribution is 6.19. The Balaban J connectivity index is 0.948. The minimum absolute atomic E-state index is 0.900. The lowest BCUT2D eigenvalue weighted by Gasteiger charge is -2.27. The third-order valence-corrected chi connectivity index (χ3v) is 13.4. The summed E-state index contributed by atoms with van der Waals surface area (Å²) in [6.45, 7) is 0. The van der Waals surface area contributed by atoms with Crippen LogP contribution in [0.5, 0.6) is 0 Å². The standard InChI is InChI=1S/C64H42N2O/c1-4-15-44(16-5-1)53-40-37-52(42-60(53)45-17-6-2-7-18-45)65(51-35-29-47(30-36-51)55-24-14-25-59-57-23-12-13-26-62(57)67-64(55)59)50-33-27-43(28-34-50)48-32-38-56-58-39-31-46-19-10-11-22-54(46)63(58)66(61(56)41-48)49-20-8-3-9-21-49/h1-42H. The van der Waals surface area contributed by atoms with Crippen molar-refractivity contribution < 1.29 is 4.42 Å². The molecule has 0 bridgehead atoms. The van der Waals surface area contributed by atoms with Crippen LogP contribution in [-0.4, -0.2) is 4.57 Å². The first kappa shape index (κ1) is 38.5. The fraction of sp³-hybridized carbons (Fsp3) is 0. The van der Waals surface area contributed by atoms with Crippen LogP contribution in [0, 0.1) is 0 Å². The summed E-state index contributed by atoms with van der Waals surface area (Å²) in [6, 6.07) is 91.9. The molecule has 2 heterocycles. The number of fused-ring (bicyclic) bond motifs is 8. The Morgan fingerprint density at radius 2 is 0.881 bits per heavy atom. The van der Waals surface area contributed by atoms with Gasteiger partial charge in [-0.15, -0.1) is 0 Å². The molecule has 0 saturated carbocycles. The Morgan fingerprint density at radius 1 is 0.313 bits per heavy atom. The second kappa shape index (κ2) is 16.0. The first-order valence-corrected chi connectivity index (χ1v) is 22.9. The molecule has 13 aromatic rings. The Bertz CT molecular complexity index is 3940. The van der Waals surface area contributed by atoms with E-state index in [1.54, 1.807) is 0 Å². The van der Waals surface area contributed by atoms with Crippen molar-refractivity contribution in [3.63, 3.8) is 0 Å². The van der Waals surface area contributed by atoms with Crippen LogP contribution in [0.3, 0.4) is 0 Å². The highest BCUT2D eigenvalue weighted by atomic mass is 16.3. The zero-order chi connectivity index (χ0) is 44.3. The molecule has 2 aromatic heterocycles. The Hall–Kier alpha value is -8.92. The summed E-state index contributed by atoms with van der Waals surface area (Å²) in [4.78, 5) is 2.37. The van der Waals surface area contributed by atoms with Gasteiger partial charge in [-0.2, -0.15) is 0 Å². The predicted octanol–water partition coefficient (Wildman–Crippen LogP) is 18.0. The van der Waals surface area contributed by atoms with Crippen molar-refractivity contribution in [2.75, 3.05) is 4.90 Å². The monoisotopic (exact) mass is 854 g/mol. The molecule has 0 fully saturated rings. The highest BCUT2D eigenvalue weighted by Gasteiger charge is 2.20. The summed E-state index contributed by atoms with van der Waals surface area (Å²) in [5.41, 5.74) is 17.8. The summed E-state index contributed by atoms with van der Waals surface area (Å²) >= 11 is 0. The van der Waals surface area contributed by atoms with E-state index in [4.69, 9.17) is 4.42 Å². The summed E-state index contributed by atoms with van der Waals surface area (Å²) in [5.74, 6) is 0. The van der Waals surface area contributed by atoms with Gasteiger partial charge in [-0.25, -0.2) is 0 Å². The molecule has 0 saturated heterocycles. The van der Waals surface area contributed by atoms with E-state index < -0.39 is 0 Å². The maximum absolute atomic E-state index is 6.48. The Morgan fingerprint density at radius 3 is 1.63 bits per heavy atom. The largest absolute Gasteiger partial charge is 0.455 e. The number of hydrogen-bond donors (Lipinski definition) is 0. The van der Waals surface area contributed by atoms with Crippen LogP contribution in [0.15, 0.2) is 259 Å². The van der Waals surface area contributed by atoms with Crippen molar-refractivity contribution in [2.45, 2.75) is 0 Å². The normalized spacial score (nSPS) is 11.6. The van der Waals surface area contributed by atoms with Crippen molar-refractivity contribution in [3.8, 4) is 50.2 Å². The average Bonchev–Trinajstić information content (AvgIpc) is 3.96. The molecule has 13 rings (SSSR count). The molecular formula is C64H42N2O. The molecule has 0 spiro atoms. The van der Waals surface area contributed by atoms with Crippen LogP contribution in [-0.2, 0) is 0 Å². The topological polar surface area (TPSA) is 21.3 Å². The third kappa shape index (κ3) is 6.59. The first-order chi connectivity index (χ1) is 33.2. The van der Waals surface area contributed by atoms with E-state index in [-0.39, 0.29) is 0 Å². The first-order valence-electron chi connectivity index (χ1n) is 22.9. The molecule has 67 heavy (non-hydrogen) atoms. The number of nitrogens with zero attached hydrogens (tertiary/aromatic N) is 2. The van der Waals surface area contributed by atoms with Gasteiger partial charge in [0.05, 0.1) is 11.0 Å². The molecule has 0 aliphatic heterocycles. The molecular weight excluding hydrogens is 813 g/mol. The summed E-state index contributed by atoms with van der Waals surface area (Å²) in [6.07, 6.45) is 0. The minimum atomic E-state index is 0.900. The molecule has 0 amide bonds. The molecule has 0 N–H and O–H groups in total. The van der Waals surface area contributed by atoms with E-state index >= 15 is 0 Å². The molecule has 0 atom stereocenters. The Labute approximate surface area is 388 Å². The van der Waals surface area contributed by atoms with Crippen LogP contribution >= 0.6 is 0 Å². The molecule has 3 nitrogen and oxygen atoms in total. The molecule has 0 aliphatic rings. The molecule has 0 radical (unpaired) electrons. The number of benzene rings is 11. The van der Waals surface area contributed by atoms with Gasteiger partial charge in [0, 0.05) is 55.2 Å². The number of para-hydroxylation sites is 3. The van der Waals surface area contributed by atoms with Gasteiger partial charge in [0.15, 0.2) is 0 Å². The van der Waals surface area contributed by atoms with E-state index in [0.29, 0.717) is 0 Å². The molecule has 0 aliphatic carbocycles. The second-order valence-electron chi connectivity index (χ2n) is 17.3. The maximum Gasteiger partial charge on any atom is 0.143 e. The summed E-state index contributed by atoms with van der Waals surface area (Å²) in [5, 5.41) is 7.23. The second-order valence-corrected chi connectivity index (χ2v) is 17.3. The molecule has 314 valence electrons. The number of furan rings is 1. The summed E-state index contributed by atoms with van der Waals surface area (Å²) in [7, 11) is 0. The average molecular weight is 855 g/mol. The molecule has 3 heteroatoms. The number of anilines is 3. The number of rotatable bonds is 8. The van der Waals surface area contributed by atoms with E-state index in [9.17, 15) is 0 Å². The lowest BCUT2D eigenvalue weighted by molar-refractivity contribution is 0.670. The van der Waals surface area contributed by atoms with Crippen molar-refractivity contribution >= 4 is 71.6 Å². The van der Waals surface area contributed by atoms with Crippen LogP contribution in [0.4, 0.5) is 17.1 Å². The highest BCUT2D eigenvalue weighted by Crippen LogP contribution is 2.44. The lowest BCUT2D eigenvalue weighted by atomic mass is 9.93. The fourth-order valence-electron chi connectivity index (χ4n) is 10.2. The van der Waals surface area contributed by atoms with Crippen molar-refractivity contribution in [1.82, 2.24) is 4.57 Å². The molecule has 11 aromatic carbocycles. The van der Waals surface area contributed by atoms with Crippen LogP contribution < -0.4 is 4.90 Å². The van der Waals surface area contributed by atoms with Gasteiger partial charge in [-0.1, -0.05) is 194 Å². The number of aromatic nitrogens is 1. The third-order valence-electron chi connectivity index (χ3n) is 13.4. The van der Waals surface area contributed by atoms with E-state index in [1.807, 2.05) is 12.1 Å². The van der Waals surface area contributed by atoms with Crippen molar-refractivity contribution in [1.29, 1.82) is 0 Å². The lowest BCUT2D eigenvalue weighted by Crippen LogP contribution is -2.10. The zero-order valence-electron chi connectivity index (χ0n) is 36.6. The van der Waals surface area contributed by atoms with Crippen LogP contribution in [0.25, 0.3) is 105 Å². The van der Waals surface area contributed by atoms with Gasteiger partial charge < -0.3 is 13.9 Å². The van der Waals surface area contributed by atoms with Gasteiger partial charge in [-0.3, -0.25) is 0 Å². The van der Waals surface area contributed by atoms with Gasteiger partial charge in [-0.05, 0) is 105 Å². The summed E-state index contributed by atoms with van der Waals surface area (Å²) < 4.78 is 8.92. The van der Waals surface area contributed by atoms with Gasteiger partial charge in [0.25, 0.3) is 0 Å².